The van der Waals surface area contributed by atoms with Crippen LogP contribution in [0.1, 0.15) is 44.2 Å². The molecule has 120 valence electrons. The number of benzene rings is 1. The van der Waals surface area contributed by atoms with Crippen LogP contribution in [0.15, 0.2) is 18.2 Å². The highest BCUT2D eigenvalue weighted by Crippen LogP contribution is 2.52. The van der Waals surface area contributed by atoms with Crippen molar-refractivity contribution in [1.82, 2.24) is 0 Å². The summed E-state index contributed by atoms with van der Waals surface area (Å²) in [5.74, 6) is -1.34. The van der Waals surface area contributed by atoms with Gasteiger partial charge in [0.2, 0.25) is 0 Å². The van der Waals surface area contributed by atoms with E-state index in [9.17, 15) is 30.7 Å². The average molecular weight is 316 g/mol. The Labute approximate surface area is 118 Å². The normalized spacial score (nSPS) is 15.1. The van der Waals surface area contributed by atoms with Gasteiger partial charge in [0, 0.05) is 0 Å². The van der Waals surface area contributed by atoms with Crippen molar-refractivity contribution in [1.29, 1.82) is 0 Å². The van der Waals surface area contributed by atoms with Crippen molar-refractivity contribution in [3.05, 3.63) is 35.1 Å². The largest absolute Gasteiger partial charge is 0.406 e. The highest BCUT2D eigenvalue weighted by molar-refractivity contribution is 5.34. The van der Waals surface area contributed by atoms with Gasteiger partial charge < -0.3 is 0 Å². The van der Waals surface area contributed by atoms with Crippen molar-refractivity contribution < 1.29 is 30.7 Å². The fourth-order valence-corrected chi connectivity index (χ4v) is 1.95. The first-order chi connectivity index (χ1) is 9.36. The van der Waals surface area contributed by atoms with Gasteiger partial charge >= 0.3 is 12.4 Å². The third-order valence-electron chi connectivity index (χ3n) is 3.85. The van der Waals surface area contributed by atoms with Gasteiger partial charge in [-0.05, 0) is 36.5 Å². The molecule has 7 heteroatoms. The molecular formula is C14H15F7. The first-order valence-corrected chi connectivity index (χ1v) is 6.29. The zero-order valence-electron chi connectivity index (χ0n) is 11.7. The Bertz CT molecular complexity index is 485. The Kier molecular flexibility index (Phi) is 4.65. The molecule has 1 atom stereocenters. The highest BCUT2D eigenvalue weighted by atomic mass is 19.4. The van der Waals surface area contributed by atoms with Crippen molar-refractivity contribution in [2.75, 3.05) is 0 Å². The molecule has 0 radical (unpaired) electrons. The topological polar surface area (TPSA) is 0 Å². The molecular weight excluding hydrogens is 301 g/mol. The van der Waals surface area contributed by atoms with Crippen LogP contribution >= 0.6 is 0 Å². The summed E-state index contributed by atoms with van der Waals surface area (Å²) < 4.78 is 91.3. The molecule has 0 heterocycles. The average Bonchev–Trinajstić information content (AvgIpc) is 2.34. The Morgan fingerprint density at radius 3 is 1.81 bits per heavy atom. The molecule has 0 aliphatic carbocycles. The van der Waals surface area contributed by atoms with Crippen LogP contribution in [0, 0.1) is 5.82 Å². The summed E-state index contributed by atoms with van der Waals surface area (Å²) in [6, 6.07) is 2.03. The Morgan fingerprint density at radius 2 is 1.48 bits per heavy atom. The molecule has 0 bridgehead atoms. The molecule has 0 aliphatic rings. The predicted octanol–water partition coefficient (Wildman–Crippen LogP) is 5.72. The van der Waals surface area contributed by atoms with Crippen LogP contribution in [0.3, 0.4) is 0 Å². The monoisotopic (exact) mass is 316 g/mol. The van der Waals surface area contributed by atoms with Crippen molar-refractivity contribution >= 4 is 0 Å². The number of hydrogen-bond acceptors (Lipinski definition) is 0. The number of hydrogen-bond donors (Lipinski definition) is 0. The van der Waals surface area contributed by atoms with Gasteiger partial charge in [0.1, 0.15) is 5.82 Å². The summed E-state index contributed by atoms with van der Waals surface area (Å²) in [7, 11) is 0. The molecule has 0 amide bonds. The van der Waals surface area contributed by atoms with E-state index in [1.54, 1.807) is 13.8 Å². The third-order valence-corrected chi connectivity index (χ3v) is 3.85. The second kappa shape index (κ2) is 5.50. The SMILES string of the molecule is CCC(C)c1ccc(C(C)(C(F)(F)F)C(F)(F)F)cc1F. The molecule has 0 fully saturated rings. The van der Waals surface area contributed by atoms with Gasteiger partial charge in [-0.3, -0.25) is 0 Å². The first kappa shape index (κ1) is 17.8. The highest BCUT2D eigenvalue weighted by Gasteiger charge is 2.68. The van der Waals surface area contributed by atoms with Crippen molar-refractivity contribution in [3.63, 3.8) is 0 Å². The number of halogens is 7. The number of alkyl halides is 6. The van der Waals surface area contributed by atoms with E-state index in [2.05, 4.69) is 0 Å². The van der Waals surface area contributed by atoms with Crippen molar-refractivity contribution in [2.45, 2.75) is 50.9 Å². The zero-order valence-corrected chi connectivity index (χ0v) is 11.7. The van der Waals surface area contributed by atoms with Gasteiger partial charge in [0.25, 0.3) is 0 Å². The first-order valence-electron chi connectivity index (χ1n) is 6.29. The van der Waals surface area contributed by atoms with Crippen LogP contribution < -0.4 is 0 Å². The predicted molar refractivity (Wildman–Crippen MR) is 64.6 cm³/mol. The molecule has 1 aromatic carbocycles. The maximum absolute atomic E-state index is 13.9. The van der Waals surface area contributed by atoms with Gasteiger partial charge in [-0.2, -0.15) is 26.3 Å². The van der Waals surface area contributed by atoms with E-state index in [1.807, 2.05) is 0 Å². The molecule has 1 rings (SSSR count). The lowest BCUT2D eigenvalue weighted by Crippen LogP contribution is -2.51. The summed E-state index contributed by atoms with van der Waals surface area (Å²) in [6.07, 6.45) is -10.6. The van der Waals surface area contributed by atoms with Crippen LogP contribution in [0.2, 0.25) is 0 Å². The molecule has 1 unspecified atom stereocenters. The molecule has 0 aromatic heterocycles. The van der Waals surface area contributed by atoms with Crippen LogP contribution in [-0.2, 0) is 5.41 Å². The van der Waals surface area contributed by atoms with Gasteiger partial charge in [-0.1, -0.05) is 26.0 Å². The smallest absolute Gasteiger partial charge is 0.207 e. The minimum Gasteiger partial charge on any atom is -0.207 e. The van der Waals surface area contributed by atoms with Crippen LogP contribution in [0.4, 0.5) is 30.7 Å². The second-order valence-corrected chi connectivity index (χ2v) is 5.17. The Hall–Kier alpha value is -1.27. The summed E-state index contributed by atoms with van der Waals surface area (Å²) in [4.78, 5) is 0. The molecule has 0 N–H and O–H groups in total. The Morgan fingerprint density at radius 1 is 1.00 bits per heavy atom. The maximum atomic E-state index is 13.9. The molecule has 0 saturated heterocycles. The maximum Gasteiger partial charge on any atom is 0.406 e. The fraction of sp³-hybridized carbons (Fsp3) is 0.571. The van der Waals surface area contributed by atoms with Gasteiger partial charge in [-0.25, -0.2) is 4.39 Å². The lowest BCUT2D eigenvalue weighted by Gasteiger charge is -2.34. The summed E-state index contributed by atoms with van der Waals surface area (Å²) >= 11 is 0. The molecule has 0 nitrogen and oxygen atoms in total. The van der Waals surface area contributed by atoms with Gasteiger partial charge in [-0.15, -0.1) is 0 Å². The molecule has 1 aromatic rings. The minimum atomic E-state index is -5.57. The standard InChI is InChI=1S/C14H15F7/c1-4-8(2)10-6-5-9(7-11(10)15)12(3,13(16,17)18)14(19,20)21/h5-8H,4H2,1-3H3. The van der Waals surface area contributed by atoms with E-state index in [0.717, 1.165) is 6.07 Å². The molecule has 0 spiro atoms. The third kappa shape index (κ3) is 3.01. The second-order valence-electron chi connectivity index (χ2n) is 5.17. The van der Waals surface area contributed by atoms with Crippen LogP contribution in [0.5, 0.6) is 0 Å². The van der Waals surface area contributed by atoms with E-state index in [4.69, 9.17) is 0 Å². The molecule has 0 aliphatic heterocycles. The molecule has 0 saturated carbocycles. The van der Waals surface area contributed by atoms with E-state index in [0.29, 0.717) is 18.6 Å². The van der Waals surface area contributed by atoms with Crippen LogP contribution in [0.25, 0.3) is 0 Å². The van der Waals surface area contributed by atoms with E-state index < -0.39 is 29.1 Å². The quantitative estimate of drug-likeness (QED) is 0.625. The van der Waals surface area contributed by atoms with Crippen molar-refractivity contribution in [3.8, 4) is 0 Å². The lowest BCUT2D eigenvalue weighted by atomic mass is 9.80. The summed E-state index contributed by atoms with van der Waals surface area (Å²) in [5.41, 5.74) is -5.14. The fourth-order valence-electron chi connectivity index (χ4n) is 1.95. The summed E-state index contributed by atoms with van der Waals surface area (Å²) in [5, 5.41) is 0. The lowest BCUT2D eigenvalue weighted by molar-refractivity contribution is -0.297. The van der Waals surface area contributed by atoms with Gasteiger partial charge in [0.15, 0.2) is 5.41 Å². The summed E-state index contributed by atoms with van der Waals surface area (Å²) in [6.45, 7) is 3.41. The van der Waals surface area contributed by atoms with E-state index >= 15 is 0 Å². The Balaban J connectivity index is 3.46. The molecule has 21 heavy (non-hydrogen) atoms. The van der Waals surface area contributed by atoms with E-state index in [1.165, 1.54) is 0 Å². The zero-order chi connectivity index (χ0) is 16.6. The van der Waals surface area contributed by atoms with Crippen molar-refractivity contribution in [2.24, 2.45) is 0 Å². The van der Waals surface area contributed by atoms with Gasteiger partial charge in [0.05, 0.1) is 0 Å². The minimum absolute atomic E-state index is 0.0185. The van der Waals surface area contributed by atoms with Crippen LogP contribution in [-0.4, -0.2) is 12.4 Å². The number of rotatable bonds is 3. The van der Waals surface area contributed by atoms with E-state index in [-0.39, 0.29) is 18.4 Å².